The van der Waals surface area contributed by atoms with Gasteiger partial charge in [-0.1, -0.05) is 11.6 Å². The Labute approximate surface area is 102 Å². The first-order valence-corrected chi connectivity index (χ1v) is 6.65. The average molecular weight is 226 g/mol. The van der Waals surface area contributed by atoms with Crippen molar-refractivity contribution in [2.75, 3.05) is 6.54 Å². The number of nitrogens with one attached hydrogen (secondary N) is 1. The highest BCUT2D eigenvalue weighted by Crippen LogP contribution is 2.34. The Kier molecular flexibility index (Phi) is 1.92. The lowest BCUT2D eigenvalue weighted by atomic mass is 10.0. The molecule has 4 rings (SSSR count). The van der Waals surface area contributed by atoms with Gasteiger partial charge in [-0.2, -0.15) is 0 Å². The van der Waals surface area contributed by atoms with Gasteiger partial charge in [-0.3, -0.25) is 4.90 Å². The van der Waals surface area contributed by atoms with Gasteiger partial charge in [0.1, 0.15) is 0 Å². The van der Waals surface area contributed by atoms with Gasteiger partial charge in [0.05, 0.1) is 0 Å². The van der Waals surface area contributed by atoms with Crippen molar-refractivity contribution < 1.29 is 0 Å². The minimum atomic E-state index is 0.887. The number of rotatable bonds is 1. The van der Waals surface area contributed by atoms with E-state index in [9.17, 15) is 0 Å². The van der Waals surface area contributed by atoms with E-state index >= 15 is 0 Å². The predicted octanol–water partition coefficient (Wildman–Crippen LogP) is 3.00. The van der Waals surface area contributed by atoms with E-state index in [2.05, 4.69) is 35.0 Å². The van der Waals surface area contributed by atoms with Crippen LogP contribution in [0.15, 0.2) is 18.2 Å². The molecular weight excluding hydrogens is 208 g/mol. The first kappa shape index (κ1) is 9.72. The summed E-state index contributed by atoms with van der Waals surface area (Å²) in [5.41, 5.74) is 5.71. The highest BCUT2D eigenvalue weighted by Gasteiger charge is 2.32. The van der Waals surface area contributed by atoms with Crippen LogP contribution in [0.5, 0.6) is 0 Å². The minimum Gasteiger partial charge on any atom is -0.358 e. The first-order chi connectivity index (χ1) is 8.31. The number of benzene rings is 1. The fourth-order valence-corrected chi connectivity index (χ4v) is 3.10. The zero-order valence-electron chi connectivity index (χ0n) is 10.3. The van der Waals surface area contributed by atoms with E-state index in [1.54, 1.807) is 5.56 Å². The van der Waals surface area contributed by atoms with E-state index in [1.165, 1.54) is 48.0 Å². The van der Waals surface area contributed by atoms with E-state index in [4.69, 9.17) is 0 Å². The van der Waals surface area contributed by atoms with E-state index < -0.39 is 0 Å². The van der Waals surface area contributed by atoms with Crippen LogP contribution < -0.4 is 0 Å². The minimum absolute atomic E-state index is 0.887. The smallest absolute Gasteiger partial charge is 0.0459 e. The maximum atomic E-state index is 3.60. The van der Waals surface area contributed by atoms with Gasteiger partial charge in [0.2, 0.25) is 0 Å². The second-order valence-corrected chi connectivity index (χ2v) is 5.58. The van der Waals surface area contributed by atoms with E-state index in [1.807, 2.05) is 0 Å². The number of H-pyrrole nitrogens is 1. The molecule has 1 aromatic carbocycles. The molecule has 1 aliphatic heterocycles. The van der Waals surface area contributed by atoms with Gasteiger partial charge in [-0.15, -0.1) is 0 Å². The average Bonchev–Trinajstić information content (AvgIpc) is 3.12. The van der Waals surface area contributed by atoms with Crippen molar-refractivity contribution in [3.63, 3.8) is 0 Å². The van der Waals surface area contributed by atoms with Gasteiger partial charge in [0.25, 0.3) is 0 Å². The predicted molar refractivity (Wildman–Crippen MR) is 70.2 cm³/mol. The molecule has 17 heavy (non-hydrogen) atoms. The molecule has 1 aliphatic carbocycles. The van der Waals surface area contributed by atoms with Crippen molar-refractivity contribution in [2.24, 2.45) is 0 Å². The summed E-state index contributed by atoms with van der Waals surface area (Å²) in [5, 5.41) is 1.45. The molecule has 2 heterocycles. The molecule has 2 aliphatic rings. The lowest BCUT2D eigenvalue weighted by molar-refractivity contribution is 0.244. The second-order valence-electron chi connectivity index (χ2n) is 5.58. The molecule has 1 N–H and O–H groups in total. The van der Waals surface area contributed by atoms with Crippen molar-refractivity contribution in [2.45, 2.75) is 38.8 Å². The molecule has 0 atom stereocenters. The zero-order chi connectivity index (χ0) is 11.4. The summed E-state index contributed by atoms with van der Waals surface area (Å²) in [6.07, 6.45) is 4.02. The SMILES string of the molecule is Cc1ccc2[nH]c3c(c2c1)CN(C1CC1)CC3. The lowest BCUT2D eigenvalue weighted by Gasteiger charge is -2.26. The molecule has 0 unspecified atom stereocenters. The van der Waals surface area contributed by atoms with Crippen LogP contribution in [0.1, 0.15) is 29.7 Å². The summed E-state index contributed by atoms with van der Waals surface area (Å²) in [5.74, 6) is 0. The topological polar surface area (TPSA) is 19.0 Å². The van der Waals surface area contributed by atoms with Crippen molar-refractivity contribution >= 4 is 10.9 Å². The van der Waals surface area contributed by atoms with Gasteiger partial charge in [-0.25, -0.2) is 0 Å². The lowest BCUT2D eigenvalue weighted by Crippen LogP contribution is -2.31. The number of aryl methyl sites for hydroxylation is 1. The van der Waals surface area contributed by atoms with Crippen LogP contribution in [-0.4, -0.2) is 22.5 Å². The summed E-state index contributed by atoms with van der Waals surface area (Å²) in [6.45, 7) is 4.58. The Balaban J connectivity index is 1.83. The van der Waals surface area contributed by atoms with Gasteiger partial charge < -0.3 is 4.98 Å². The van der Waals surface area contributed by atoms with Crippen LogP contribution in [-0.2, 0) is 13.0 Å². The fraction of sp³-hybridized carbons (Fsp3) is 0.467. The summed E-state index contributed by atoms with van der Waals surface area (Å²) < 4.78 is 0. The Morgan fingerprint density at radius 3 is 3.00 bits per heavy atom. The van der Waals surface area contributed by atoms with E-state index in [-0.39, 0.29) is 0 Å². The third-order valence-electron chi connectivity index (χ3n) is 4.22. The number of nitrogens with zero attached hydrogens (tertiary/aromatic N) is 1. The fourth-order valence-electron chi connectivity index (χ4n) is 3.10. The molecule has 0 amide bonds. The number of aromatic amines is 1. The second kappa shape index (κ2) is 3.36. The third-order valence-corrected chi connectivity index (χ3v) is 4.22. The van der Waals surface area contributed by atoms with Gasteiger partial charge in [0.15, 0.2) is 0 Å². The summed E-state index contributed by atoms with van der Waals surface area (Å²) >= 11 is 0. The molecule has 1 aromatic heterocycles. The summed E-state index contributed by atoms with van der Waals surface area (Å²) in [6, 6.07) is 7.65. The van der Waals surface area contributed by atoms with Crippen molar-refractivity contribution in [3.8, 4) is 0 Å². The standard InChI is InChI=1S/C15H18N2/c1-10-2-5-14-12(8-10)13-9-17(11-3-4-11)7-6-15(13)16-14/h2,5,8,11,16H,3-4,6-7,9H2,1H3. The zero-order valence-corrected chi connectivity index (χ0v) is 10.3. The molecule has 0 saturated heterocycles. The van der Waals surface area contributed by atoms with E-state index in [0.717, 1.165) is 12.6 Å². The van der Waals surface area contributed by atoms with Crippen molar-refractivity contribution in [1.29, 1.82) is 0 Å². The molecule has 1 fully saturated rings. The van der Waals surface area contributed by atoms with Crippen LogP contribution in [0.4, 0.5) is 0 Å². The molecular formula is C15H18N2. The monoisotopic (exact) mass is 226 g/mol. The highest BCUT2D eigenvalue weighted by molar-refractivity contribution is 5.85. The van der Waals surface area contributed by atoms with Crippen molar-refractivity contribution in [3.05, 3.63) is 35.0 Å². The molecule has 2 heteroatoms. The molecule has 2 nitrogen and oxygen atoms in total. The molecule has 0 bridgehead atoms. The third kappa shape index (κ3) is 1.51. The maximum absolute atomic E-state index is 3.60. The Bertz CT molecular complexity index is 578. The summed E-state index contributed by atoms with van der Waals surface area (Å²) in [7, 11) is 0. The Hall–Kier alpha value is -1.28. The molecule has 0 spiro atoms. The van der Waals surface area contributed by atoms with Gasteiger partial charge in [0, 0.05) is 42.1 Å². The molecule has 88 valence electrons. The molecule has 0 radical (unpaired) electrons. The van der Waals surface area contributed by atoms with Gasteiger partial charge >= 0.3 is 0 Å². The maximum Gasteiger partial charge on any atom is 0.0459 e. The first-order valence-electron chi connectivity index (χ1n) is 6.65. The van der Waals surface area contributed by atoms with Crippen LogP contribution in [0.25, 0.3) is 10.9 Å². The van der Waals surface area contributed by atoms with Crippen LogP contribution in [0.3, 0.4) is 0 Å². The number of fused-ring (bicyclic) bond motifs is 3. The largest absolute Gasteiger partial charge is 0.358 e. The van der Waals surface area contributed by atoms with Gasteiger partial charge in [-0.05, 0) is 37.5 Å². The van der Waals surface area contributed by atoms with Crippen LogP contribution >= 0.6 is 0 Å². The van der Waals surface area contributed by atoms with Crippen LogP contribution in [0.2, 0.25) is 0 Å². The van der Waals surface area contributed by atoms with E-state index in [0.29, 0.717) is 0 Å². The molecule has 2 aromatic rings. The number of hydrogen-bond acceptors (Lipinski definition) is 1. The molecule has 1 saturated carbocycles. The Morgan fingerprint density at radius 2 is 2.18 bits per heavy atom. The van der Waals surface area contributed by atoms with Crippen molar-refractivity contribution in [1.82, 2.24) is 9.88 Å². The highest BCUT2D eigenvalue weighted by atomic mass is 15.2. The quantitative estimate of drug-likeness (QED) is 0.792. The number of hydrogen-bond donors (Lipinski definition) is 1. The number of aromatic nitrogens is 1. The van der Waals surface area contributed by atoms with Crippen LogP contribution in [0, 0.1) is 6.92 Å². The summed E-state index contributed by atoms with van der Waals surface area (Å²) in [4.78, 5) is 6.26. The Morgan fingerprint density at radius 1 is 1.29 bits per heavy atom. The normalized spacial score (nSPS) is 20.8.